The van der Waals surface area contributed by atoms with Crippen molar-refractivity contribution in [2.24, 2.45) is 5.92 Å². The first-order chi connectivity index (χ1) is 7.27. The molecule has 0 aromatic carbocycles. The summed E-state index contributed by atoms with van der Waals surface area (Å²) in [6.07, 6.45) is 6.13. The van der Waals surface area contributed by atoms with Crippen LogP contribution in [0.25, 0.3) is 0 Å². The van der Waals surface area contributed by atoms with Gasteiger partial charge in [-0.3, -0.25) is 0 Å². The van der Waals surface area contributed by atoms with Crippen molar-refractivity contribution in [2.75, 3.05) is 26.2 Å². The molecule has 0 spiro atoms. The number of carbonyl (C=O) groups is 1. The van der Waals surface area contributed by atoms with Crippen LogP contribution < -0.4 is 0 Å². The van der Waals surface area contributed by atoms with Crippen LogP contribution in [0.5, 0.6) is 0 Å². The fourth-order valence-corrected chi connectivity index (χ4v) is 2.65. The Hall–Kier alpha value is -0.730. The van der Waals surface area contributed by atoms with Crippen LogP contribution in [0.2, 0.25) is 0 Å². The lowest BCUT2D eigenvalue weighted by molar-refractivity contribution is 0.124. The molecule has 2 fully saturated rings. The predicted molar refractivity (Wildman–Crippen MR) is 60.8 cm³/mol. The molecular formula is C12H22N2O. The SMILES string of the molecule is CC1CCCN(C(=O)N2CCCCC2)C1. The zero-order chi connectivity index (χ0) is 10.7. The summed E-state index contributed by atoms with van der Waals surface area (Å²) in [7, 11) is 0. The summed E-state index contributed by atoms with van der Waals surface area (Å²) in [5, 5.41) is 0. The molecule has 15 heavy (non-hydrogen) atoms. The van der Waals surface area contributed by atoms with Gasteiger partial charge in [0, 0.05) is 26.2 Å². The second-order valence-corrected chi connectivity index (χ2v) is 5.02. The van der Waals surface area contributed by atoms with E-state index in [2.05, 4.69) is 11.8 Å². The van der Waals surface area contributed by atoms with Gasteiger partial charge in [-0.1, -0.05) is 6.92 Å². The zero-order valence-corrected chi connectivity index (χ0v) is 9.74. The summed E-state index contributed by atoms with van der Waals surface area (Å²) in [5.41, 5.74) is 0. The van der Waals surface area contributed by atoms with E-state index in [1.54, 1.807) is 0 Å². The van der Waals surface area contributed by atoms with E-state index in [4.69, 9.17) is 0 Å². The highest BCUT2D eigenvalue weighted by Crippen LogP contribution is 2.18. The van der Waals surface area contributed by atoms with Gasteiger partial charge in [0.25, 0.3) is 0 Å². The van der Waals surface area contributed by atoms with Gasteiger partial charge in [0.2, 0.25) is 0 Å². The van der Waals surface area contributed by atoms with Gasteiger partial charge in [0.1, 0.15) is 0 Å². The number of likely N-dealkylation sites (tertiary alicyclic amines) is 2. The van der Waals surface area contributed by atoms with E-state index in [0.29, 0.717) is 11.9 Å². The molecule has 0 radical (unpaired) electrons. The van der Waals surface area contributed by atoms with Gasteiger partial charge < -0.3 is 9.80 Å². The quantitative estimate of drug-likeness (QED) is 0.602. The van der Waals surface area contributed by atoms with Crippen molar-refractivity contribution in [2.45, 2.75) is 39.0 Å². The fraction of sp³-hybridized carbons (Fsp3) is 0.917. The Labute approximate surface area is 92.4 Å². The summed E-state index contributed by atoms with van der Waals surface area (Å²) in [5.74, 6) is 0.687. The van der Waals surface area contributed by atoms with E-state index in [9.17, 15) is 4.79 Å². The number of rotatable bonds is 0. The van der Waals surface area contributed by atoms with Crippen molar-refractivity contribution in [3.05, 3.63) is 0 Å². The molecule has 2 rings (SSSR count). The summed E-state index contributed by atoms with van der Waals surface area (Å²) >= 11 is 0. The van der Waals surface area contributed by atoms with Gasteiger partial charge in [-0.05, 0) is 38.0 Å². The molecule has 3 nitrogen and oxygen atoms in total. The molecule has 0 aromatic rings. The van der Waals surface area contributed by atoms with Crippen LogP contribution in [-0.2, 0) is 0 Å². The number of urea groups is 1. The highest BCUT2D eigenvalue weighted by molar-refractivity contribution is 5.74. The summed E-state index contributed by atoms with van der Waals surface area (Å²) in [4.78, 5) is 16.2. The normalized spacial score (nSPS) is 27.9. The topological polar surface area (TPSA) is 23.6 Å². The van der Waals surface area contributed by atoms with Crippen molar-refractivity contribution >= 4 is 6.03 Å². The molecule has 0 aromatic heterocycles. The Balaban J connectivity index is 1.88. The number of hydrogen-bond donors (Lipinski definition) is 0. The molecule has 2 amide bonds. The fourth-order valence-electron chi connectivity index (χ4n) is 2.65. The number of piperidine rings is 2. The average Bonchev–Trinajstić information content (AvgIpc) is 2.29. The van der Waals surface area contributed by atoms with Gasteiger partial charge >= 0.3 is 6.03 Å². The Bertz CT molecular complexity index is 224. The Kier molecular flexibility index (Phi) is 3.49. The summed E-state index contributed by atoms with van der Waals surface area (Å²) < 4.78 is 0. The van der Waals surface area contributed by atoms with Crippen LogP contribution in [0, 0.1) is 5.92 Å². The van der Waals surface area contributed by atoms with Crippen LogP contribution in [0.1, 0.15) is 39.0 Å². The highest BCUT2D eigenvalue weighted by atomic mass is 16.2. The monoisotopic (exact) mass is 210 g/mol. The molecular weight excluding hydrogens is 188 g/mol. The molecule has 1 atom stereocenters. The lowest BCUT2D eigenvalue weighted by atomic mass is 10.0. The van der Waals surface area contributed by atoms with E-state index in [1.165, 1.54) is 32.1 Å². The molecule has 2 heterocycles. The maximum Gasteiger partial charge on any atom is 0.320 e. The molecule has 1 unspecified atom stereocenters. The van der Waals surface area contributed by atoms with E-state index in [0.717, 1.165) is 26.2 Å². The van der Waals surface area contributed by atoms with Gasteiger partial charge in [-0.25, -0.2) is 4.79 Å². The molecule has 0 N–H and O–H groups in total. The number of nitrogens with zero attached hydrogens (tertiary/aromatic N) is 2. The maximum absolute atomic E-state index is 12.2. The molecule has 86 valence electrons. The van der Waals surface area contributed by atoms with E-state index in [-0.39, 0.29) is 0 Å². The minimum absolute atomic E-state index is 0.293. The van der Waals surface area contributed by atoms with Crippen molar-refractivity contribution in [1.82, 2.24) is 9.80 Å². The van der Waals surface area contributed by atoms with Gasteiger partial charge in [-0.2, -0.15) is 0 Å². The second kappa shape index (κ2) is 4.86. The second-order valence-electron chi connectivity index (χ2n) is 5.02. The first kappa shape index (κ1) is 10.8. The van der Waals surface area contributed by atoms with Gasteiger partial charge in [0.05, 0.1) is 0 Å². The van der Waals surface area contributed by atoms with Crippen molar-refractivity contribution < 1.29 is 4.79 Å². The van der Waals surface area contributed by atoms with Crippen LogP contribution in [0.4, 0.5) is 4.79 Å². The molecule has 0 aliphatic carbocycles. The highest BCUT2D eigenvalue weighted by Gasteiger charge is 2.25. The van der Waals surface area contributed by atoms with E-state index >= 15 is 0 Å². The lowest BCUT2D eigenvalue weighted by Gasteiger charge is -2.36. The first-order valence-corrected chi connectivity index (χ1v) is 6.31. The smallest absolute Gasteiger partial charge is 0.320 e. The average molecular weight is 210 g/mol. The third-order valence-electron chi connectivity index (χ3n) is 3.55. The lowest BCUT2D eigenvalue weighted by Crippen LogP contribution is -2.48. The van der Waals surface area contributed by atoms with Crippen LogP contribution in [0.3, 0.4) is 0 Å². The largest absolute Gasteiger partial charge is 0.325 e. The van der Waals surface area contributed by atoms with Crippen LogP contribution >= 0.6 is 0 Å². The molecule has 0 saturated carbocycles. The molecule has 2 aliphatic heterocycles. The standard InChI is InChI=1S/C12H22N2O/c1-11-6-5-9-14(10-11)12(15)13-7-3-2-4-8-13/h11H,2-10H2,1H3. The molecule has 2 saturated heterocycles. The third kappa shape index (κ3) is 2.64. The van der Waals surface area contributed by atoms with Crippen molar-refractivity contribution in [1.29, 1.82) is 0 Å². The Morgan fingerprint density at radius 2 is 1.67 bits per heavy atom. The third-order valence-corrected chi connectivity index (χ3v) is 3.55. The molecule has 3 heteroatoms. The summed E-state index contributed by atoms with van der Waals surface area (Å²) in [6.45, 7) is 6.14. The summed E-state index contributed by atoms with van der Waals surface area (Å²) in [6, 6.07) is 0.293. The van der Waals surface area contributed by atoms with Crippen molar-refractivity contribution in [3.8, 4) is 0 Å². The molecule has 0 bridgehead atoms. The van der Waals surface area contributed by atoms with Gasteiger partial charge in [0.15, 0.2) is 0 Å². The van der Waals surface area contributed by atoms with Crippen LogP contribution in [-0.4, -0.2) is 42.0 Å². The van der Waals surface area contributed by atoms with Crippen molar-refractivity contribution in [3.63, 3.8) is 0 Å². The Morgan fingerprint density at radius 3 is 2.33 bits per heavy atom. The number of carbonyl (C=O) groups excluding carboxylic acids is 1. The first-order valence-electron chi connectivity index (χ1n) is 6.31. The number of amides is 2. The van der Waals surface area contributed by atoms with Gasteiger partial charge in [-0.15, -0.1) is 0 Å². The minimum atomic E-state index is 0.293. The van der Waals surface area contributed by atoms with Crippen LogP contribution in [0.15, 0.2) is 0 Å². The zero-order valence-electron chi connectivity index (χ0n) is 9.74. The minimum Gasteiger partial charge on any atom is -0.325 e. The molecule has 2 aliphatic rings. The van der Waals surface area contributed by atoms with E-state index < -0.39 is 0 Å². The Morgan fingerprint density at radius 1 is 1.00 bits per heavy atom. The maximum atomic E-state index is 12.2. The van der Waals surface area contributed by atoms with E-state index in [1.807, 2.05) is 4.90 Å². The predicted octanol–water partition coefficient (Wildman–Crippen LogP) is 2.32. The number of hydrogen-bond acceptors (Lipinski definition) is 1.